The molecule has 4 atom stereocenters. The van der Waals surface area contributed by atoms with Gasteiger partial charge in [0.05, 0.1) is 12.1 Å². The molecule has 1 aromatic rings. The highest BCUT2D eigenvalue weighted by molar-refractivity contribution is 6.74. The van der Waals surface area contributed by atoms with Crippen LogP contribution in [0.15, 0.2) is 53.6 Å². The summed E-state index contributed by atoms with van der Waals surface area (Å²) >= 11 is 0. The third kappa shape index (κ3) is 7.38. The molecule has 0 saturated carbocycles. The first kappa shape index (κ1) is 30.0. The Labute approximate surface area is 216 Å². The van der Waals surface area contributed by atoms with Gasteiger partial charge in [0.2, 0.25) is 0 Å². The quantitative estimate of drug-likeness (QED) is 0.335. The predicted octanol–water partition coefficient (Wildman–Crippen LogP) is 4.99. The molecule has 1 unspecified atom stereocenters. The second-order valence-corrected chi connectivity index (χ2v) is 15.9. The van der Waals surface area contributed by atoms with E-state index in [4.69, 9.17) is 9.16 Å². The van der Waals surface area contributed by atoms with Crippen LogP contribution in [0, 0.1) is 0 Å². The van der Waals surface area contributed by atoms with Crippen LogP contribution in [0.1, 0.15) is 53.5 Å². The number of carbonyl (C=O) groups is 2. The predicted molar refractivity (Wildman–Crippen MR) is 144 cm³/mol. The van der Waals surface area contributed by atoms with Crippen molar-refractivity contribution in [1.29, 1.82) is 0 Å². The minimum atomic E-state index is -2.05. The van der Waals surface area contributed by atoms with Crippen LogP contribution in [0.3, 0.4) is 0 Å². The van der Waals surface area contributed by atoms with Gasteiger partial charge in [-0.3, -0.25) is 4.79 Å². The zero-order chi connectivity index (χ0) is 27.3. The standard InChI is InChI=1S/C28H43NO6Si/c1-9-19(2)23(35-36(7,8)28(4,5)6)16-15-20(3)24(30)25(31)26(32)29-22(18-34-27(29)33)17-21-13-11-10-12-14-21/h9-15,22-25,30-31H,16-18H2,1-8H3/b19-9-,20-15+/t22-,23?,24+,25-/m0/s1. The highest BCUT2D eigenvalue weighted by atomic mass is 28.4. The van der Waals surface area contributed by atoms with Crippen molar-refractivity contribution in [1.82, 2.24) is 4.90 Å². The highest BCUT2D eigenvalue weighted by Gasteiger charge is 2.43. The summed E-state index contributed by atoms with van der Waals surface area (Å²) in [6, 6.07) is 8.90. The Morgan fingerprint density at radius 2 is 1.78 bits per heavy atom. The number of hydrogen-bond donors (Lipinski definition) is 2. The summed E-state index contributed by atoms with van der Waals surface area (Å²) in [6.07, 6.45) is 0.502. The van der Waals surface area contributed by atoms with Crippen molar-refractivity contribution < 1.29 is 29.0 Å². The van der Waals surface area contributed by atoms with Crippen molar-refractivity contribution in [2.45, 2.75) is 96.9 Å². The van der Waals surface area contributed by atoms with Crippen molar-refractivity contribution in [2.24, 2.45) is 0 Å². The first-order valence-electron chi connectivity index (χ1n) is 12.6. The summed E-state index contributed by atoms with van der Waals surface area (Å²) in [5.41, 5.74) is 2.46. The lowest BCUT2D eigenvalue weighted by atomic mass is 10.00. The molecule has 7 nitrogen and oxygen atoms in total. The topological polar surface area (TPSA) is 96.3 Å². The number of aliphatic hydroxyl groups is 2. The van der Waals surface area contributed by atoms with E-state index in [1.807, 2.05) is 50.3 Å². The maximum atomic E-state index is 13.1. The molecule has 8 heteroatoms. The number of cyclic esters (lactones) is 1. The lowest BCUT2D eigenvalue weighted by Gasteiger charge is -2.39. The number of aliphatic hydroxyl groups excluding tert-OH is 2. The van der Waals surface area contributed by atoms with E-state index in [1.54, 1.807) is 13.0 Å². The van der Waals surface area contributed by atoms with Gasteiger partial charge in [-0.25, -0.2) is 9.69 Å². The van der Waals surface area contributed by atoms with Crippen LogP contribution in [0.4, 0.5) is 4.79 Å². The molecule has 2 amide bonds. The van der Waals surface area contributed by atoms with Crippen LogP contribution in [-0.2, 0) is 20.4 Å². The van der Waals surface area contributed by atoms with E-state index in [0.29, 0.717) is 18.4 Å². The fraction of sp³-hybridized carbons (Fsp3) is 0.571. The molecule has 1 aliphatic heterocycles. The molecule has 2 rings (SSSR count). The van der Waals surface area contributed by atoms with Gasteiger partial charge in [-0.2, -0.15) is 0 Å². The van der Waals surface area contributed by atoms with Crippen molar-refractivity contribution in [2.75, 3.05) is 6.61 Å². The molecule has 0 aliphatic carbocycles. The SMILES string of the molecule is C/C=C(/C)C(C/C=C(\C)[C@@H](O)[C@H](O)C(=O)N1C(=O)OC[C@@H]1Cc1ccccc1)O[Si](C)(C)C(C)(C)C. The van der Waals surface area contributed by atoms with Gasteiger partial charge in [-0.1, -0.05) is 63.3 Å². The Bertz CT molecular complexity index is 966. The lowest BCUT2D eigenvalue weighted by molar-refractivity contribution is -0.142. The Morgan fingerprint density at radius 3 is 2.33 bits per heavy atom. The van der Waals surface area contributed by atoms with Gasteiger partial charge in [0.1, 0.15) is 12.7 Å². The molecule has 0 spiro atoms. The first-order chi connectivity index (χ1) is 16.7. The molecular weight excluding hydrogens is 474 g/mol. The zero-order valence-electron chi connectivity index (χ0n) is 22.9. The summed E-state index contributed by atoms with van der Waals surface area (Å²) in [5, 5.41) is 21.5. The van der Waals surface area contributed by atoms with Gasteiger partial charge in [0.25, 0.3) is 5.91 Å². The minimum Gasteiger partial charge on any atom is -0.447 e. The van der Waals surface area contributed by atoms with Crippen LogP contribution in [0.25, 0.3) is 0 Å². The number of amides is 2. The van der Waals surface area contributed by atoms with Gasteiger partial charge < -0.3 is 19.4 Å². The number of carbonyl (C=O) groups excluding carboxylic acids is 2. The van der Waals surface area contributed by atoms with E-state index in [2.05, 4.69) is 33.9 Å². The van der Waals surface area contributed by atoms with Gasteiger partial charge in [-0.15, -0.1) is 0 Å². The number of allylic oxidation sites excluding steroid dienone is 1. The summed E-state index contributed by atoms with van der Waals surface area (Å²) in [6.45, 7) is 16.6. The molecule has 0 bridgehead atoms. The Balaban J connectivity index is 2.13. The molecule has 1 aliphatic rings. The number of imide groups is 1. The highest BCUT2D eigenvalue weighted by Crippen LogP contribution is 2.38. The lowest BCUT2D eigenvalue weighted by Crippen LogP contribution is -2.49. The fourth-order valence-corrected chi connectivity index (χ4v) is 5.10. The molecule has 0 radical (unpaired) electrons. The third-order valence-electron chi connectivity index (χ3n) is 7.39. The molecule has 1 heterocycles. The number of hydrogen-bond acceptors (Lipinski definition) is 6. The molecule has 36 heavy (non-hydrogen) atoms. The maximum Gasteiger partial charge on any atom is 0.417 e. The average Bonchev–Trinajstić information content (AvgIpc) is 3.18. The van der Waals surface area contributed by atoms with E-state index >= 15 is 0 Å². The zero-order valence-corrected chi connectivity index (χ0v) is 23.9. The monoisotopic (exact) mass is 517 g/mol. The molecule has 2 N–H and O–H groups in total. The van der Waals surface area contributed by atoms with E-state index in [-0.39, 0.29) is 17.7 Å². The summed E-state index contributed by atoms with van der Waals surface area (Å²) in [5.74, 6) is -0.864. The van der Waals surface area contributed by atoms with E-state index in [1.165, 1.54) is 0 Å². The fourth-order valence-electron chi connectivity index (χ4n) is 3.75. The number of benzene rings is 1. The molecular formula is C28H43NO6Si. The maximum absolute atomic E-state index is 13.1. The van der Waals surface area contributed by atoms with E-state index in [9.17, 15) is 19.8 Å². The largest absolute Gasteiger partial charge is 0.447 e. The normalized spacial score (nSPS) is 20.2. The van der Waals surface area contributed by atoms with E-state index < -0.39 is 38.6 Å². The second-order valence-electron chi connectivity index (χ2n) is 11.1. The van der Waals surface area contributed by atoms with Crippen LogP contribution < -0.4 is 0 Å². The Morgan fingerprint density at radius 1 is 1.17 bits per heavy atom. The summed E-state index contributed by atoms with van der Waals surface area (Å²) in [7, 11) is -2.05. The molecule has 1 fully saturated rings. The van der Waals surface area contributed by atoms with Gasteiger partial charge in [0.15, 0.2) is 14.4 Å². The van der Waals surface area contributed by atoms with Crippen LogP contribution in [0.5, 0.6) is 0 Å². The average molecular weight is 518 g/mol. The first-order valence-corrected chi connectivity index (χ1v) is 15.5. The third-order valence-corrected chi connectivity index (χ3v) is 11.9. The number of ether oxygens (including phenoxy) is 1. The van der Waals surface area contributed by atoms with E-state index in [0.717, 1.165) is 16.0 Å². The summed E-state index contributed by atoms with van der Waals surface area (Å²) < 4.78 is 11.7. The summed E-state index contributed by atoms with van der Waals surface area (Å²) in [4.78, 5) is 26.3. The number of nitrogens with zero attached hydrogens (tertiary/aromatic N) is 1. The van der Waals surface area contributed by atoms with Crippen molar-refractivity contribution >= 4 is 20.3 Å². The number of rotatable bonds is 10. The molecule has 1 aromatic carbocycles. The van der Waals surface area contributed by atoms with Gasteiger partial charge in [0, 0.05) is 0 Å². The minimum absolute atomic E-state index is 0.0424. The van der Waals surface area contributed by atoms with Crippen molar-refractivity contribution in [3.05, 3.63) is 59.2 Å². The Kier molecular flexibility index (Phi) is 10.3. The van der Waals surface area contributed by atoms with Crippen molar-refractivity contribution in [3.8, 4) is 0 Å². The van der Waals surface area contributed by atoms with Crippen LogP contribution >= 0.6 is 0 Å². The van der Waals surface area contributed by atoms with Crippen LogP contribution in [-0.4, -0.2) is 66.4 Å². The smallest absolute Gasteiger partial charge is 0.417 e. The van der Waals surface area contributed by atoms with Gasteiger partial charge in [-0.05, 0) is 68.5 Å². The van der Waals surface area contributed by atoms with Gasteiger partial charge >= 0.3 is 6.09 Å². The molecule has 200 valence electrons. The van der Waals surface area contributed by atoms with Crippen molar-refractivity contribution in [3.63, 3.8) is 0 Å². The van der Waals surface area contributed by atoms with Crippen LogP contribution in [0.2, 0.25) is 18.1 Å². The Hall–Kier alpha value is -2.26. The molecule has 0 aromatic heterocycles. The second kappa shape index (κ2) is 12.3. The molecule has 1 saturated heterocycles.